The molecule has 1 unspecified atom stereocenters. The SMILES string of the molecule is O=C1CCCc2nc(NC(=O)C3CC(=O)N(CCc4ccccc4)C3)sc21. The van der Waals surface area contributed by atoms with Gasteiger partial charge < -0.3 is 10.2 Å². The number of nitrogens with zero attached hydrogens (tertiary/aromatic N) is 2. The highest BCUT2D eigenvalue weighted by Crippen LogP contribution is 2.30. The number of anilines is 1. The second kappa shape index (κ2) is 7.60. The number of thiazole rings is 1. The summed E-state index contributed by atoms with van der Waals surface area (Å²) in [7, 11) is 0. The zero-order chi connectivity index (χ0) is 18.8. The number of nitrogens with one attached hydrogen (secondary N) is 1. The molecule has 1 aliphatic carbocycles. The van der Waals surface area contributed by atoms with Crippen LogP contribution in [0.4, 0.5) is 5.13 Å². The molecule has 1 aliphatic heterocycles. The number of Topliss-reactive ketones (excluding diaryl/α,β-unsaturated/α-hetero) is 1. The Bertz CT molecular complexity index is 878. The smallest absolute Gasteiger partial charge is 0.231 e. The summed E-state index contributed by atoms with van der Waals surface area (Å²) in [5, 5.41) is 3.28. The Balaban J connectivity index is 1.34. The summed E-state index contributed by atoms with van der Waals surface area (Å²) < 4.78 is 0. The summed E-state index contributed by atoms with van der Waals surface area (Å²) in [5.41, 5.74) is 1.97. The van der Waals surface area contributed by atoms with Gasteiger partial charge in [-0.05, 0) is 24.8 Å². The molecule has 7 heteroatoms. The minimum Gasteiger partial charge on any atom is -0.342 e. The van der Waals surface area contributed by atoms with Crippen LogP contribution in [-0.4, -0.2) is 40.6 Å². The van der Waals surface area contributed by atoms with Crippen molar-refractivity contribution in [2.45, 2.75) is 32.1 Å². The number of carbonyl (C=O) groups excluding carboxylic acids is 3. The lowest BCUT2D eigenvalue weighted by Crippen LogP contribution is -2.30. The summed E-state index contributed by atoms with van der Waals surface area (Å²) in [5.74, 6) is -0.439. The number of hydrogen-bond acceptors (Lipinski definition) is 5. The molecule has 0 saturated carbocycles. The molecule has 0 spiro atoms. The van der Waals surface area contributed by atoms with Crippen LogP contribution >= 0.6 is 11.3 Å². The first-order valence-electron chi connectivity index (χ1n) is 9.25. The van der Waals surface area contributed by atoms with E-state index in [0.717, 1.165) is 25.0 Å². The highest BCUT2D eigenvalue weighted by atomic mass is 32.1. The quantitative estimate of drug-likeness (QED) is 0.861. The lowest BCUT2D eigenvalue weighted by molar-refractivity contribution is -0.128. The summed E-state index contributed by atoms with van der Waals surface area (Å²) in [6.07, 6.45) is 3.15. The minimum absolute atomic E-state index is 0.0136. The van der Waals surface area contributed by atoms with E-state index in [-0.39, 0.29) is 29.9 Å². The molecule has 1 aromatic carbocycles. The molecular weight excluding hydrogens is 362 g/mol. The molecule has 2 aromatic rings. The van der Waals surface area contributed by atoms with Crippen LogP contribution in [0.25, 0.3) is 0 Å². The number of aromatic nitrogens is 1. The van der Waals surface area contributed by atoms with Crippen molar-refractivity contribution in [3.8, 4) is 0 Å². The minimum atomic E-state index is -0.370. The first kappa shape index (κ1) is 17.9. The predicted octanol–water partition coefficient (Wildman–Crippen LogP) is 2.69. The van der Waals surface area contributed by atoms with Gasteiger partial charge in [0.1, 0.15) is 0 Å². The lowest BCUT2D eigenvalue weighted by atomic mass is 10.0. The van der Waals surface area contributed by atoms with Gasteiger partial charge >= 0.3 is 0 Å². The van der Waals surface area contributed by atoms with E-state index in [1.54, 1.807) is 4.90 Å². The van der Waals surface area contributed by atoms with Gasteiger partial charge in [-0.3, -0.25) is 14.4 Å². The first-order valence-corrected chi connectivity index (χ1v) is 10.1. The average Bonchev–Trinajstić information content (AvgIpc) is 3.25. The Morgan fingerprint density at radius 2 is 2.04 bits per heavy atom. The van der Waals surface area contributed by atoms with Crippen molar-refractivity contribution in [3.05, 3.63) is 46.5 Å². The molecule has 2 amide bonds. The Hall–Kier alpha value is -2.54. The number of ketones is 1. The van der Waals surface area contributed by atoms with E-state index < -0.39 is 0 Å². The molecule has 1 N–H and O–H groups in total. The maximum atomic E-state index is 12.6. The number of fused-ring (bicyclic) bond motifs is 1. The van der Waals surface area contributed by atoms with Crippen molar-refractivity contribution >= 4 is 34.1 Å². The fourth-order valence-electron chi connectivity index (χ4n) is 3.60. The number of likely N-dealkylation sites (tertiary alicyclic amines) is 1. The van der Waals surface area contributed by atoms with Crippen molar-refractivity contribution in [1.82, 2.24) is 9.88 Å². The van der Waals surface area contributed by atoms with Gasteiger partial charge in [-0.1, -0.05) is 41.7 Å². The summed E-state index contributed by atoms with van der Waals surface area (Å²) >= 11 is 1.25. The fraction of sp³-hybridized carbons (Fsp3) is 0.400. The Morgan fingerprint density at radius 3 is 2.81 bits per heavy atom. The zero-order valence-electron chi connectivity index (χ0n) is 14.9. The molecule has 1 aromatic heterocycles. The molecule has 4 rings (SSSR count). The van der Waals surface area contributed by atoms with Crippen LogP contribution < -0.4 is 5.32 Å². The fourth-order valence-corrected chi connectivity index (χ4v) is 4.58. The van der Waals surface area contributed by atoms with Gasteiger partial charge in [0.25, 0.3) is 0 Å². The molecule has 27 heavy (non-hydrogen) atoms. The van der Waals surface area contributed by atoms with Gasteiger partial charge in [-0.2, -0.15) is 0 Å². The van der Waals surface area contributed by atoms with Crippen molar-refractivity contribution in [2.24, 2.45) is 5.92 Å². The van der Waals surface area contributed by atoms with E-state index in [1.807, 2.05) is 30.3 Å². The maximum Gasteiger partial charge on any atom is 0.231 e. The molecule has 0 radical (unpaired) electrons. The Labute approximate surface area is 161 Å². The van der Waals surface area contributed by atoms with Crippen molar-refractivity contribution < 1.29 is 14.4 Å². The molecule has 2 aliphatic rings. The number of rotatable bonds is 5. The number of benzene rings is 1. The summed E-state index contributed by atoms with van der Waals surface area (Å²) in [4.78, 5) is 43.6. The van der Waals surface area contributed by atoms with Crippen LogP contribution in [0.15, 0.2) is 30.3 Å². The van der Waals surface area contributed by atoms with Gasteiger partial charge in [0, 0.05) is 25.9 Å². The van der Waals surface area contributed by atoms with Crippen LogP contribution in [0.5, 0.6) is 0 Å². The van der Waals surface area contributed by atoms with Crippen LogP contribution in [0.1, 0.15) is 40.2 Å². The van der Waals surface area contributed by atoms with Gasteiger partial charge in [0.15, 0.2) is 10.9 Å². The highest BCUT2D eigenvalue weighted by Gasteiger charge is 2.34. The van der Waals surface area contributed by atoms with Crippen LogP contribution in [0, 0.1) is 5.92 Å². The second-order valence-electron chi connectivity index (χ2n) is 7.04. The molecule has 2 heterocycles. The van der Waals surface area contributed by atoms with Gasteiger partial charge in [-0.25, -0.2) is 4.98 Å². The molecule has 0 bridgehead atoms. The molecule has 6 nitrogen and oxygen atoms in total. The lowest BCUT2D eigenvalue weighted by Gasteiger charge is -2.16. The molecule has 140 valence electrons. The van der Waals surface area contributed by atoms with Crippen LogP contribution in [0.3, 0.4) is 0 Å². The van der Waals surface area contributed by atoms with Crippen LogP contribution in [0.2, 0.25) is 0 Å². The third-order valence-corrected chi connectivity index (χ3v) is 6.15. The maximum absolute atomic E-state index is 12.6. The molecule has 1 atom stereocenters. The van der Waals surface area contributed by atoms with Gasteiger partial charge in [0.05, 0.1) is 16.5 Å². The van der Waals surface area contributed by atoms with E-state index >= 15 is 0 Å². The van der Waals surface area contributed by atoms with Crippen molar-refractivity contribution in [3.63, 3.8) is 0 Å². The standard InChI is InChI=1S/C20H21N3O3S/c24-16-8-4-7-15-18(16)27-20(21-15)22-19(26)14-11-17(25)23(12-14)10-9-13-5-2-1-3-6-13/h1-3,5-6,14H,4,7-12H2,(H,21,22,26). The highest BCUT2D eigenvalue weighted by molar-refractivity contribution is 7.17. The van der Waals surface area contributed by atoms with Crippen molar-refractivity contribution in [1.29, 1.82) is 0 Å². The zero-order valence-corrected chi connectivity index (χ0v) is 15.8. The summed E-state index contributed by atoms with van der Waals surface area (Å²) in [6, 6.07) is 10.0. The molecule has 1 saturated heterocycles. The normalized spacial score (nSPS) is 19.3. The van der Waals surface area contributed by atoms with E-state index in [2.05, 4.69) is 10.3 Å². The Morgan fingerprint density at radius 1 is 1.22 bits per heavy atom. The summed E-state index contributed by atoms with van der Waals surface area (Å²) in [6.45, 7) is 1.05. The van der Waals surface area contributed by atoms with Gasteiger partial charge in [-0.15, -0.1) is 0 Å². The number of carbonyl (C=O) groups is 3. The number of hydrogen-bond donors (Lipinski definition) is 1. The Kier molecular flexibility index (Phi) is 5.03. The third kappa shape index (κ3) is 3.93. The largest absolute Gasteiger partial charge is 0.342 e. The van der Waals surface area contributed by atoms with Crippen molar-refractivity contribution in [2.75, 3.05) is 18.4 Å². The van der Waals surface area contributed by atoms with Gasteiger partial charge in [0.2, 0.25) is 11.8 Å². The van der Waals surface area contributed by atoms with E-state index in [9.17, 15) is 14.4 Å². The second-order valence-corrected chi connectivity index (χ2v) is 8.04. The molecular formula is C20H21N3O3S. The van der Waals surface area contributed by atoms with E-state index in [1.165, 1.54) is 16.9 Å². The third-order valence-electron chi connectivity index (χ3n) is 5.10. The topological polar surface area (TPSA) is 79.4 Å². The van der Waals surface area contributed by atoms with E-state index in [4.69, 9.17) is 0 Å². The average molecular weight is 383 g/mol. The van der Waals surface area contributed by atoms with E-state index in [0.29, 0.717) is 29.5 Å². The number of aryl methyl sites for hydroxylation is 1. The monoisotopic (exact) mass is 383 g/mol. The number of amides is 2. The molecule has 1 fully saturated rings. The predicted molar refractivity (Wildman–Crippen MR) is 103 cm³/mol. The first-order chi connectivity index (χ1) is 13.1. The van der Waals surface area contributed by atoms with Crippen LogP contribution in [-0.2, 0) is 22.4 Å².